The average molecular weight is 315 g/mol. The first-order valence-corrected chi connectivity index (χ1v) is 8.06. The zero-order valence-electron chi connectivity index (χ0n) is 13.0. The molecule has 0 aromatic heterocycles. The van der Waals surface area contributed by atoms with E-state index in [0.29, 0.717) is 12.8 Å². The molecule has 2 heterocycles. The molecule has 2 aliphatic rings. The lowest BCUT2D eigenvalue weighted by Crippen LogP contribution is -2.47. The molecule has 23 heavy (non-hydrogen) atoms. The Morgan fingerprint density at radius 3 is 2.39 bits per heavy atom. The van der Waals surface area contributed by atoms with Gasteiger partial charge in [0.05, 0.1) is 0 Å². The van der Waals surface area contributed by atoms with Crippen molar-refractivity contribution in [3.8, 4) is 0 Å². The maximum Gasteiger partial charge on any atom is 0.249 e. The maximum absolute atomic E-state index is 11.8. The Labute approximate surface area is 135 Å². The number of nitrogens with zero attached hydrogens (tertiary/aromatic N) is 1. The second-order valence-electron chi connectivity index (χ2n) is 6.16. The van der Waals surface area contributed by atoms with E-state index in [-0.39, 0.29) is 23.8 Å². The van der Waals surface area contributed by atoms with E-state index in [4.69, 9.17) is 0 Å². The minimum absolute atomic E-state index is 0.194. The van der Waals surface area contributed by atoms with Crippen LogP contribution in [0.5, 0.6) is 0 Å². The van der Waals surface area contributed by atoms with Gasteiger partial charge in [0.25, 0.3) is 0 Å². The van der Waals surface area contributed by atoms with Gasteiger partial charge in [0, 0.05) is 36.8 Å². The molecule has 1 aromatic rings. The first-order valence-electron chi connectivity index (χ1n) is 8.06. The van der Waals surface area contributed by atoms with Crippen molar-refractivity contribution < 1.29 is 14.4 Å². The Morgan fingerprint density at radius 2 is 1.78 bits per heavy atom. The molecule has 1 aromatic carbocycles. The summed E-state index contributed by atoms with van der Waals surface area (Å²) < 4.78 is 0. The van der Waals surface area contributed by atoms with E-state index in [1.54, 1.807) is 0 Å². The van der Waals surface area contributed by atoms with Crippen molar-refractivity contribution in [3.05, 3.63) is 24.3 Å². The van der Waals surface area contributed by atoms with Gasteiger partial charge in [-0.25, -0.2) is 0 Å². The SMILES string of the molecule is O=CC1CCN(c2ccc(NC3CCC(=O)NC3=O)cc2)CC1. The molecule has 1 unspecified atom stereocenters. The molecule has 2 amide bonds. The van der Waals surface area contributed by atoms with Crippen LogP contribution < -0.4 is 15.5 Å². The molecular weight excluding hydrogens is 294 g/mol. The number of anilines is 2. The molecule has 0 aliphatic carbocycles. The van der Waals surface area contributed by atoms with E-state index in [9.17, 15) is 14.4 Å². The van der Waals surface area contributed by atoms with Crippen LogP contribution in [0.4, 0.5) is 11.4 Å². The quantitative estimate of drug-likeness (QED) is 0.647. The van der Waals surface area contributed by atoms with E-state index in [1.165, 1.54) is 0 Å². The van der Waals surface area contributed by atoms with Crippen LogP contribution in [0.2, 0.25) is 0 Å². The van der Waals surface area contributed by atoms with Gasteiger partial charge in [-0.1, -0.05) is 0 Å². The fourth-order valence-electron chi connectivity index (χ4n) is 3.09. The van der Waals surface area contributed by atoms with Gasteiger partial charge < -0.3 is 15.0 Å². The standard InChI is InChI=1S/C17H21N3O3/c21-11-12-7-9-20(10-8-12)14-3-1-13(2-4-14)18-15-5-6-16(22)19-17(15)23/h1-4,11-12,15,18H,5-10H2,(H,19,22,23). The average Bonchev–Trinajstić information content (AvgIpc) is 2.58. The highest BCUT2D eigenvalue weighted by Crippen LogP contribution is 2.24. The number of hydrogen-bond donors (Lipinski definition) is 2. The lowest BCUT2D eigenvalue weighted by molar-refractivity contribution is -0.133. The minimum atomic E-state index is -0.359. The summed E-state index contributed by atoms with van der Waals surface area (Å²) in [6.45, 7) is 1.78. The Balaban J connectivity index is 1.58. The predicted octanol–water partition coefficient (Wildman–Crippen LogP) is 1.32. The molecule has 6 nitrogen and oxygen atoms in total. The van der Waals surface area contributed by atoms with Crippen LogP contribution in [0.1, 0.15) is 25.7 Å². The number of piperidine rings is 2. The Morgan fingerprint density at radius 1 is 1.09 bits per heavy atom. The third-order valence-electron chi connectivity index (χ3n) is 4.54. The molecule has 2 aliphatic heterocycles. The number of carbonyl (C=O) groups is 3. The van der Waals surface area contributed by atoms with Crippen molar-refractivity contribution in [2.45, 2.75) is 31.7 Å². The summed E-state index contributed by atoms with van der Waals surface area (Å²) in [6, 6.07) is 7.59. The first kappa shape index (κ1) is 15.5. The number of rotatable bonds is 4. The van der Waals surface area contributed by atoms with Gasteiger partial charge in [0.1, 0.15) is 12.3 Å². The molecule has 0 bridgehead atoms. The van der Waals surface area contributed by atoms with Gasteiger partial charge in [-0.2, -0.15) is 0 Å². The zero-order chi connectivity index (χ0) is 16.2. The molecule has 122 valence electrons. The Bertz CT molecular complexity index is 592. The van der Waals surface area contributed by atoms with E-state index >= 15 is 0 Å². The Hall–Kier alpha value is -2.37. The molecule has 2 N–H and O–H groups in total. The van der Waals surface area contributed by atoms with Crippen LogP contribution in [0, 0.1) is 5.92 Å². The van der Waals surface area contributed by atoms with Gasteiger partial charge in [-0.3, -0.25) is 14.9 Å². The molecule has 0 radical (unpaired) electrons. The van der Waals surface area contributed by atoms with Crippen molar-refractivity contribution in [1.29, 1.82) is 0 Å². The highest BCUT2D eigenvalue weighted by atomic mass is 16.2. The van der Waals surface area contributed by atoms with Crippen molar-refractivity contribution in [2.24, 2.45) is 5.92 Å². The maximum atomic E-state index is 11.8. The fraction of sp³-hybridized carbons (Fsp3) is 0.471. The normalized spacial score (nSPS) is 22.6. The molecular formula is C17H21N3O3. The summed E-state index contributed by atoms with van der Waals surface area (Å²) >= 11 is 0. The third-order valence-corrected chi connectivity index (χ3v) is 4.54. The van der Waals surface area contributed by atoms with Gasteiger partial charge in [-0.15, -0.1) is 0 Å². The number of imide groups is 1. The summed E-state index contributed by atoms with van der Waals surface area (Å²) in [5.41, 5.74) is 1.99. The minimum Gasteiger partial charge on any atom is -0.374 e. The van der Waals surface area contributed by atoms with Gasteiger partial charge in [0.15, 0.2) is 0 Å². The molecule has 0 spiro atoms. The number of amides is 2. The van der Waals surface area contributed by atoms with E-state index in [1.807, 2.05) is 24.3 Å². The van der Waals surface area contributed by atoms with Crippen molar-refractivity contribution in [2.75, 3.05) is 23.3 Å². The largest absolute Gasteiger partial charge is 0.374 e. The predicted molar refractivity (Wildman–Crippen MR) is 87.2 cm³/mol. The van der Waals surface area contributed by atoms with Gasteiger partial charge in [-0.05, 0) is 43.5 Å². The topological polar surface area (TPSA) is 78.5 Å². The molecule has 2 fully saturated rings. The summed E-state index contributed by atoms with van der Waals surface area (Å²) in [4.78, 5) is 36.0. The monoisotopic (exact) mass is 315 g/mol. The smallest absolute Gasteiger partial charge is 0.249 e. The second kappa shape index (κ2) is 6.81. The first-order chi connectivity index (χ1) is 11.2. The second-order valence-corrected chi connectivity index (χ2v) is 6.16. The lowest BCUT2D eigenvalue weighted by atomic mass is 9.98. The molecule has 1 atom stereocenters. The van der Waals surface area contributed by atoms with Crippen LogP contribution in [-0.2, 0) is 14.4 Å². The lowest BCUT2D eigenvalue weighted by Gasteiger charge is -2.31. The highest BCUT2D eigenvalue weighted by Gasteiger charge is 2.26. The summed E-state index contributed by atoms with van der Waals surface area (Å²) in [5, 5.41) is 5.51. The van der Waals surface area contributed by atoms with Crippen molar-refractivity contribution in [1.82, 2.24) is 5.32 Å². The fourth-order valence-corrected chi connectivity index (χ4v) is 3.09. The van der Waals surface area contributed by atoms with E-state index < -0.39 is 0 Å². The van der Waals surface area contributed by atoms with Crippen LogP contribution in [0.25, 0.3) is 0 Å². The van der Waals surface area contributed by atoms with Crippen molar-refractivity contribution in [3.63, 3.8) is 0 Å². The number of aldehydes is 1. The molecule has 2 saturated heterocycles. The van der Waals surface area contributed by atoms with Crippen LogP contribution in [0.3, 0.4) is 0 Å². The number of hydrogen-bond acceptors (Lipinski definition) is 5. The molecule has 0 saturated carbocycles. The van der Waals surface area contributed by atoms with Crippen LogP contribution >= 0.6 is 0 Å². The van der Waals surface area contributed by atoms with Crippen LogP contribution in [0.15, 0.2) is 24.3 Å². The summed E-state index contributed by atoms with van der Waals surface area (Å²) in [7, 11) is 0. The van der Waals surface area contributed by atoms with Crippen LogP contribution in [-0.4, -0.2) is 37.2 Å². The third kappa shape index (κ3) is 3.70. The summed E-state index contributed by atoms with van der Waals surface area (Å²) in [6.07, 6.45) is 3.75. The number of nitrogens with one attached hydrogen (secondary N) is 2. The summed E-state index contributed by atoms with van der Waals surface area (Å²) in [5.74, 6) is -0.275. The highest BCUT2D eigenvalue weighted by molar-refractivity contribution is 6.01. The number of benzene rings is 1. The van der Waals surface area contributed by atoms with E-state index in [0.717, 1.165) is 43.6 Å². The molecule has 3 rings (SSSR count). The van der Waals surface area contributed by atoms with E-state index in [2.05, 4.69) is 15.5 Å². The zero-order valence-corrected chi connectivity index (χ0v) is 13.0. The van der Waals surface area contributed by atoms with Gasteiger partial charge >= 0.3 is 0 Å². The molecule has 6 heteroatoms. The number of carbonyl (C=O) groups excluding carboxylic acids is 3. The Kier molecular flexibility index (Phi) is 4.60. The van der Waals surface area contributed by atoms with Gasteiger partial charge in [0.2, 0.25) is 11.8 Å². The van der Waals surface area contributed by atoms with Crippen molar-refractivity contribution >= 4 is 29.5 Å².